The number of hydrogen-bond acceptors (Lipinski definition) is 7. The number of carbonyl (C=O) groups is 1. The van der Waals surface area contributed by atoms with Crippen LogP contribution in [0.15, 0.2) is 70.1 Å². The van der Waals surface area contributed by atoms with Crippen LogP contribution in [0.5, 0.6) is 5.75 Å². The van der Waals surface area contributed by atoms with Crippen molar-refractivity contribution in [1.29, 1.82) is 0 Å². The second-order valence-electron chi connectivity index (χ2n) is 5.96. The van der Waals surface area contributed by atoms with Gasteiger partial charge in [0.25, 0.3) is 0 Å². The van der Waals surface area contributed by atoms with E-state index in [4.69, 9.17) is 14.0 Å². The maximum absolute atomic E-state index is 12.2. The summed E-state index contributed by atoms with van der Waals surface area (Å²) in [6.07, 6.45) is -0.238. The Morgan fingerprint density at radius 3 is 2.61 bits per heavy atom. The Bertz CT molecular complexity index is 1040. The van der Waals surface area contributed by atoms with E-state index >= 15 is 0 Å². The highest BCUT2D eigenvalue weighted by atomic mass is 32.2. The van der Waals surface area contributed by atoms with E-state index in [1.807, 2.05) is 18.2 Å². The number of methoxy groups -OCH3 is 1. The molecule has 1 aromatic heterocycles. The Morgan fingerprint density at radius 1 is 1.07 bits per heavy atom. The predicted octanol–water partition coefficient (Wildman–Crippen LogP) is 3.26. The zero-order valence-corrected chi connectivity index (χ0v) is 16.0. The minimum Gasteiger partial charge on any atom is -0.497 e. The van der Waals surface area contributed by atoms with Gasteiger partial charge in [-0.05, 0) is 24.3 Å². The highest BCUT2D eigenvalue weighted by Crippen LogP contribution is 2.24. The fourth-order valence-corrected chi connectivity index (χ4v) is 3.73. The highest BCUT2D eigenvalue weighted by Gasteiger charge is 2.17. The molecule has 0 unspecified atom stereocenters. The number of nitrogens with zero attached hydrogens (tertiary/aromatic N) is 1. The molecule has 0 aliphatic rings. The third-order valence-corrected chi connectivity index (χ3v) is 5.70. The lowest BCUT2D eigenvalue weighted by Gasteiger charge is -2.04. The minimum atomic E-state index is -3.52. The molecule has 0 amide bonds. The van der Waals surface area contributed by atoms with Crippen molar-refractivity contribution in [3.05, 3.63) is 66.4 Å². The number of benzene rings is 2. The first-order valence-corrected chi connectivity index (χ1v) is 10.2. The highest BCUT2D eigenvalue weighted by molar-refractivity contribution is 7.91. The van der Waals surface area contributed by atoms with Crippen LogP contribution in [-0.4, -0.2) is 32.4 Å². The number of hydrogen-bond donors (Lipinski definition) is 0. The van der Waals surface area contributed by atoms with Crippen molar-refractivity contribution in [2.75, 3.05) is 12.9 Å². The van der Waals surface area contributed by atoms with Crippen molar-refractivity contribution in [3.63, 3.8) is 0 Å². The molecule has 146 valence electrons. The maximum Gasteiger partial charge on any atom is 0.307 e. The number of rotatable bonds is 8. The molecule has 0 aliphatic heterocycles. The van der Waals surface area contributed by atoms with Gasteiger partial charge in [-0.3, -0.25) is 4.79 Å². The van der Waals surface area contributed by atoms with Crippen LogP contribution in [-0.2, 0) is 26.0 Å². The molecule has 0 N–H and O–H groups in total. The van der Waals surface area contributed by atoms with E-state index in [2.05, 4.69) is 5.16 Å². The summed E-state index contributed by atoms with van der Waals surface area (Å²) in [4.78, 5) is 12.1. The van der Waals surface area contributed by atoms with Gasteiger partial charge < -0.3 is 14.0 Å². The smallest absolute Gasteiger partial charge is 0.307 e. The summed E-state index contributed by atoms with van der Waals surface area (Å²) in [7, 11) is -1.95. The first kappa shape index (κ1) is 19.6. The molecule has 0 radical (unpaired) electrons. The predicted molar refractivity (Wildman–Crippen MR) is 101 cm³/mol. The molecule has 0 saturated heterocycles. The SMILES string of the molecule is COc1cccc(-c2cc(COC(=O)CCS(=O)(=O)c3ccccc3)no2)c1. The van der Waals surface area contributed by atoms with Crippen molar-refractivity contribution in [1.82, 2.24) is 5.16 Å². The van der Waals surface area contributed by atoms with Crippen LogP contribution >= 0.6 is 0 Å². The molecule has 0 spiro atoms. The van der Waals surface area contributed by atoms with Gasteiger partial charge in [-0.25, -0.2) is 8.42 Å². The fourth-order valence-electron chi connectivity index (χ4n) is 2.48. The van der Waals surface area contributed by atoms with Gasteiger partial charge in [-0.1, -0.05) is 35.5 Å². The molecule has 1 heterocycles. The molecule has 0 atom stereocenters. The lowest BCUT2D eigenvalue weighted by atomic mass is 10.1. The van der Waals surface area contributed by atoms with Crippen molar-refractivity contribution in [3.8, 4) is 17.1 Å². The molecular weight excluding hydrogens is 382 g/mol. The summed E-state index contributed by atoms with van der Waals surface area (Å²) in [6.45, 7) is -0.0995. The normalized spacial score (nSPS) is 11.2. The van der Waals surface area contributed by atoms with E-state index in [-0.39, 0.29) is 23.7 Å². The van der Waals surface area contributed by atoms with Crippen LogP contribution in [0.4, 0.5) is 0 Å². The maximum atomic E-state index is 12.2. The standard InChI is InChI=1S/C20H19NO6S/c1-25-17-7-5-6-15(12-17)19-13-16(21-27-19)14-26-20(22)10-11-28(23,24)18-8-3-2-4-9-18/h2-9,12-13H,10-11,14H2,1H3. The Balaban J connectivity index is 1.53. The molecule has 0 bridgehead atoms. The Labute approximate surface area is 162 Å². The average molecular weight is 401 g/mol. The van der Waals surface area contributed by atoms with Crippen LogP contribution in [0.1, 0.15) is 12.1 Å². The van der Waals surface area contributed by atoms with E-state index in [0.29, 0.717) is 17.2 Å². The molecule has 3 rings (SSSR count). The summed E-state index contributed by atoms with van der Waals surface area (Å²) >= 11 is 0. The largest absolute Gasteiger partial charge is 0.497 e. The summed E-state index contributed by atoms with van der Waals surface area (Å²) < 4.78 is 39.9. The van der Waals surface area contributed by atoms with Crippen LogP contribution in [0.25, 0.3) is 11.3 Å². The van der Waals surface area contributed by atoms with Gasteiger partial charge in [-0.15, -0.1) is 0 Å². The first-order valence-electron chi connectivity index (χ1n) is 8.51. The Morgan fingerprint density at radius 2 is 1.86 bits per heavy atom. The zero-order chi connectivity index (χ0) is 20.0. The fraction of sp³-hybridized carbons (Fsp3) is 0.200. The van der Waals surface area contributed by atoms with Crippen LogP contribution in [0.3, 0.4) is 0 Å². The average Bonchev–Trinajstić information content (AvgIpc) is 3.21. The number of esters is 1. The van der Waals surface area contributed by atoms with Crippen molar-refractivity contribution in [2.45, 2.75) is 17.9 Å². The van der Waals surface area contributed by atoms with Gasteiger partial charge in [0.2, 0.25) is 0 Å². The summed E-state index contributed by atoms with van der Waals surface area (Å²) in [6, 6.07) is 16.9. The molecule has 7 nitrogen and oxygen atoms in total. The van der Waals surface area contributed by atoms with E-state index in [9.17, 15) is 13.2 Å². The summed E-state index contributed by atoms with van der Waals surface area (Å²) in [5.74, 6) is 0.257. The molecule has 0 saturated carbocycles. The van der Waals surface area contributed by atoms with E-state index in [1.165, 1.54) is 12.1 Å². The molecule has 3 aromatic rings. The number of carbonyl (C=O) groups excluding carboxylic acids is 1. The lowest BCUT2D eigenvalue weighted by Crippen LogP contribution is -2.13. The first-order chi connectivity index (χ1) is 13.5. The Hall–Kier alpha value is -3.13. The van der Waals surface area contributed by atoms with Gasteiger partial charge >= 0.3 is 5.97 Å². The topological polar surface area (TPSA) is 95.7 Å². The second kappa shape index (κ2) is 8.71. The van der Waals surface area contributed by atoms with Crippen molar-refractivity contribution >= 4 is 15.8 Å². The van der Waals surface area contributed by atoms with Gasteiger partial charge in [0.15, 0.2) is 15.6 Å². The summed E-state index contributed by atoms with van der Waals surface area (Å²) in [5, 5.41) is 3.87. The van der Waals surface area contributed by atoms with E-state index in [1.54, 1.807) is 37.4 Å². The zero-order valence-electron chi connectivity index (χ0n) is 15.2. The quantitative estimate of drug-likeness (QED) is 0.535. The number of ether oxygens (including phenoxy) is 2. The molecule has 0 fully saturated rings. The van der Waals surface area contributed by atoms with Crippen molar-refractivity contribution < 1.29 is 27.2 Å². The van der Waals surface area contributed by atoms with Gasteiger partial charge in [0.1, 0.15) is 18.1 Å². The number of aromatic nitrogens is 1. The lowest BCUT2D eigenvalue weighted by molar-refractivity contribution is -0.144. The third kappa shape index (κ3) is 4.98. The molecule has 28 heavy (non-hydrogen) atoms. The molecule has 8 heteroatoms. The van der Waals surface area contributed by atoms with Gasteiger partial charge in [-0.2, -0.15) is 0 Å². The minimum absolute atomic E-state index is 0.0995. The van der Waals surface area contributed by atoms with Crippen LogP contribution in [0.2, 0.25) is 0 Å². The van der Waals surface area contributed by atoms with Crippen molar-refractivity contribution in [2.24, 2.45) is 0 Å². The molecule has 0 aliphatic carbocycles. The molecular formula is C20H19NO6S. The van der Waals surface area contributed by atoms with E-state index < -0.39 is 15.8 Å². The van der Waals surface area contributed by atoms with Crippen LogP contribution in [0, 0.1) is 0 Å². The third-order valence-electron chi connectivity index (χ3n) is 3.97. The number of sulfone groups is 1. The second-order valence-corrected chi connectivity index (χ2v) is 8.07. The van der Waals surface area contributed by atoms with Gasteiger partial charge in [0.05, 0.1) is 24.2 Å². The van der Waals surface area contributed by atoms with Gasteiger partial charge in [0, 0.05) is 11.6 Å². The summed E-state index contributed by atoms with van der Waals surface area (Å²) in [5.41, 5.74) is 1.20. The monoisotopic (exact) mass is 401 g/mol. The Kier molecular flexibility index (Phi) is 6.10. The van der Waals surface area contributed by atoms with E-state index in [0.717, 1.165) is 5.56 Å². The molecule has 2 aromatic carbocycles. The van der Waals surface area contributed by atoms with Crippen LogP contribution < -0.4 is 4.74 Å².